The van der Waals surface area contributed by atoms with Crippen molar-refractivity contribution < 1.29 is 13.9 Å². The first-order valence-electron chi connectivity index (χ1n) is 10.4. The van der Waals surface area contributed by atoms with Gasteiger partial charge in [0.05, 0.1) is 13.7 Å². The second-order valence-corrected chi connectivity index (χ2v) is 8.05. The number of nitrogens with one attached hydrogen (secondary N) is 2. The average Bonchev–Trinajstić information content (AvgIpc) is 3.39. The molecular formula is C23H30FN3O2. The van der Waals surface area contributed by atoms with Gasteiger partial charge in [-0.25, -0.2) is 4.39 Å². The summed E-state index contributed by atoms with van der Waals surface area (Å²) in [4.78, 5) is 2.47. The average molecular weight is 400 g/mol. The van der Waals surface area contributed by atoms with Gasteiger partial charge < -0.3 is 9.47 Å². The number of rotatable bonds is 8. The summed E-state index contributed by atoms with van der Waals surface area (Å²) in [5.74, 6) is 2.14. The van der Waals surface area contributed by atoms with Crippen LogP contribution in [0.15, 0.2) is 48.5 Å². The third-order valence-electron chi connectivity index (χ3n) is 5.98. The molecule has 4 rings (SSSR count). The van der Waals surface area contributed by atoms with E-state index in [1.165, 1.54) is 12.0 Å². The molecular weight excluding hydrogens is 369 g/mol. The lowest BCUT2D eigenvalue weighted by Gasteiger charge is -2.20. The Labute approximate surface area is 172 Å². The van der Waals surface area contributed by atoms with Crippen LogP contribution in [-0.4, -0.2) is 43.8 Å². The highest BCUT2D eigenvalue weighted by Crippen LogP contribution is 2.26. The van der Waals surface area contributed by atoms with E-state index in [1.807, 2.05) is 36.4 Å². The van der Waals surface area contributed by atoms with Crippen LogP contribution in [0, 0.1) is 11.7 Å². The van der Waals surface area contributed by atoms with Gasteiger partial charge in [-0.2, -0.15) is 0 Å². The van der Waals surface area contributed by atoms with Gasteiger partial charge in [-0.05, 0) is 61.6 Å². The Morgan fingerprint density at radius 3 is 2.76 bits per heavy atom. The zero-order valence-electron chi connectivity index (χ0n) is 16.9. The second kappa shape index (κ2) is 9.57. The number of methoxy groups -OCH3 is 1. The van der Waals surface area contributed by atoms with Crippen molar-refractivity contribution in [1.82, 2.24) is 15.8 Å². The Morgan fingerprint density at radius 2 is 1.93 bits per heavy atom. The number of hydrazine groups is 1. The van der Waals surface area contributed by atoms with Gasteiger partial charge in [0, 0.05) is 31.2 Å². The zero-order chi connectivity index (χ0) is 20.1. The van der Waals surface area contributed by atoms with Crippen molar-refractivity contribution in [3.63, 3.8) is 0 Å². The summed E-state index contributed by atoms with van der Waals surface area (Å²) < 4.78 is 24.2. The van der Waals surface area contributed by atoms with E-state index in [0.717, 1.165) is 44.0 Å². The summed E-state index contributed by atoms with van der Waals surface area (Å²) in [7, 11) is 1.66. The summed E-state index contributed by atoms with van der Waals surface area (Å²) >= 11 is 0. The number of nitrogens with zero attached hydrogens (tertiary/aromatic N) is 1. The molecule has 0 bridgehead atoms. The van der Waals surface area contributed by atoms with E-state index in [0.29, 0.717) is 24.6 Å². The van der Waals surface area contributed by atoms with Crippen molar-refractivity contribution in [2.45, 2.75) is 37.9 Å². The van der Waals surface area contributed by atoms with E-state index in [4.69, 9.17) is 9.47 Å². The van der Waals surface area contributed by atoms with Crippen molar-refractivity contribution in [2.24, 2.45) is 5.92 Å². The molecule has 6 heteroatoms. The molecule has 2 aromatic rings. The van der Waals surface area contributed by atoms with Crippen LogP contribution in [0.25, 0.3) is 0 Å². The van der Waals surface area contributed by atoms with Crippen LogP contribution in [0.3, 0.4) is 0 Å². The molecule has 3 unspecified atom stereocenters. The zero-order valence-corrected chi connectivity index (χ0v) is 16.9. The maximum atomic E-state index is 13.1. The maximum absolute atomic E-state index is 13.1. The number of ether oxygens (including phenoxy) is 2. The number of hydrogen-bond acceptors (Lipinski definition) is 5. The predicted molar refractivity (Wildman–Crippen MR) is 111 cm³/mol. The lowest BCUT2D eigenvalue weighted by molar-refractivity contribution is 0.287. The SMILES string of the molecule is COc1cccc(OCCC2CC(C3CCN(Cc4ccc(F)cc4)C3)NN2)c1. The molecule has 0 spiro atoms. The maximum Gasteiger partial charge on any atom is 0.123 e. The van der Waals surface area contributed by atoms with E-state index >= 15 is 0 Å². The van der Waals surface area contributed by atoms with Crippen LogP contribution in [0.5, 0.6) is 11.5 Å². The van der Waals surface area contributed by atoms with Crippen LogP contribution in [0.1, 0.15) is 24.8 Å². The van der Waals surface area contributed by atoms with Crippen LogP contribution in [-0.2, 0) is 6.54 Å². The van der Waals surface area contributed by atoms with Crippen LogP contribution in [0.2, 0.25) is 0 Å². The third-order valence-corrected chi connectivity index (χ3v) is 5.98. The molecule has 156 valence electrons. The van der Waals surface area contributed by atoms with E-state index in [2.05, 4.69) is 15.8 Å². The fourth-order valence-corrected chi connectivity index (χ4v) is 4.34. The molecule has 0 aliphatic carbocycles. The molecule has 2 aliphatic heterocycles. The predicted octanol–water partition coefficient (Wildman–Crippen LogP) is 3.36. The summed E-state index contributed by atoms with van der Waals surface area (Å²) in [6.45, 7) is 3.77. The molecule has 2 fully saturated rings. The smallest absolute Gasteiger partial charge is 0.123 e. The largest absolute Gasteiger partial charge is 0.497 e. The molecule has 29 heavy (non-hydrogen) atoms. The van der Waals surface area contributed by atoms with Gasteiger partial charge in [0.25, 0.3) is 0 Å². The van der Waals surface area contributed by atoms with Gasteiger partial charge in [-0.3, -0.25) is 15.8 Å². The Hall–Kier alpha value is -2.15. The van der Waals surface area contributed by atoms with Gasteiger partial charge in [0.15, 0.2) is 0 Å². The van der Waals surface area contributed by atoms with Gasteiger partial charge >= 0.3 is 0 Å². The highest BCUT2D eigenvalue weighted by atomic mass is 19.1. The van der Waals surface area contributed by atoms with E-state index in [-0.39, 0.29) is 5.82 Å². The summed E-state index contributed by atoms with van der Waals surface area (Å²) in [6, 6.07) is 15.5. The van der Waals surface area contributed by atoms with Gasteiger partial charge in [-0.15, -0.1) is 0 Å². The molecule has 2 aromatic carbocycles. The van der Waals surface area contributed by atoms with Crippen LogP contribution in [0.4, 0.5) is 4.39 Å². The highest BCUT2D eigenvalue weighted by Gasteiger charge is 2.34. The first-order chi connectivity index (χ1) is 14.2. The molecule has 3 atom stereocenters. The lowest BCUT2D eigenvalue weighted by Crippen LogP contribution is -2.38. The van der Waals surface area contributed by atoms with Crippen LogP contribution < -0.4 is 20.3 Å². The topological polar surface area (TPSA) is 45.8 Å². The van der Waals surface area contributed by atoms with Gasteiger partial charge in [0.1, 0.15) is 17.3 Å². The monoisotopic (exact) mass is 399 g/mol. The molecule has 0 aromatic heterocycles. The first kappa shape index (κ1) is 20.1. The summed E-state index contributed by atoms with van der Waals surface area (Å²) in [5, 5.41) is 0. The molecule has 5 nitrogen and oxygen atoms in total. The number of benzene rings is 2. The van der Waals surface area contributed by atoms with Crippen molar-refractivity contribution in [3.05, 3.63) is 59.9 Å². The fraction of sp³-hybridized carbons (Fsp3) is 0.478. The molecule has 0 amide bonds. The second-order valence-electron chi connectivity index (χ2n) is 8.05. The molecule has 2 saturated heterocycles. The number of hydrogen-bond donors (Lipinski definition) is 2. The Morgan fingerprint density at radius 1 is 1.10 bits per heavy atom. The van der Waals surface area contributed by atoms with Crippen molar-refractivity contribution in [3.8, 4) is 11.5 Å². The summed E-state index contributed by atoms with van der Waals surface area (Å²) in [5.41, 5.74) is 8.13. The van der Waals surface area contributed by atoms with Gasteiger partial charge in [0.2, 0.25) is 0 Å². The van der Waals surface area contributed by atoms with E-state index in [1.54, 1.807) is 19.2 Å². The van der Waals surface area contributed by atoms with Crippen molar-refractivity contribution >= 4 is 0 Å². The standard InChI is InChI=1S/C23H30FN3O2/c1-28-21-3-2-4-22(14-21)29-12-10-20-13-23(26-25-20)18-9-11-27(16-18)15-17-5-7-19(24)8-6-17/h2-8,14,18,20,23,25-26H,9-13,15-16H2,1H3. The minimum absolute atomic E-state index is 0.171. The fourth-order valence-electron chi connectivity index (χ4n) is 4.34. The van der Waals surface area contributed by atoms with Gasteiger partial charge in [-0.1, -0.05) is 18.2 Å². The molecule has 0 radical (unpaired) electrons. The Bertz CT molecular complexity index is 786. The molecule has 2 N–H and O–H groups in total. The number of likely N-dealkylation sites (tertiary alicyclic amines) is 1. The summed E-state index contributed by atoms with van der Waals surface area (Å²) in [6.07, 6.45) is 3.29. The third kappa shape index (κ3) is 5.47. The highest BCUT2D eigenvalue weighted by molar-refractivity contribution is 5.32. The first-order valence-corrected chi connectivity index (χ1v) is 10.4. The normalized spacial score (nSPS) is 24.7. The van der Waals surface area contributed by atoms with Crippen molar-refractivity contribution in [1.29, 1.82) is 0 Å². The van der Waals surface area contributed by atoms with Crippen molar-refractivity contribution in [2.75, 3.05) is 26.8 Å². The minimum atomic E-state index is -0.171. The number of halogens is 1. The minimum Gasteiger partial charge on any atom is -0.497 e. The van der Waals surface area contributed by atoms with Crippen LogP contribution >= 0.6 is 0 Å². The molecule has 2 heterocycles. The quantitative estimate of drug-likeness (QED) is 0.713. The molecule has 2 aliphatic rings. The van der Waals surface area contributed by atoms with E-state index in [9.17, 15) is 4.39 Å². The lowest BCUT2D eigenvalue weighted by atomic mass is 9.94. The Kier molecular flexibility index (Phi) is 6.64. The Balaban J connectivity index is 1.18. The van der Waals surface area contributed by atoms with E-state index < -0.39 is 0 Å². The molecule has 0 saturated carbocycles.